The fourth-order valence-electron chi connectivity index (χ4n) is 2.34. The van der Waals surface area contributed by atoms with Crippen LogP contribution in [0.25, 0.3) is 10.2 Å². The van der Waals surface area contributed by atoms with E-state index in [0.717, 1.165) is 10.2 Å². The number of fused-ring (bicyclic) bond motifs is 1. The van der Waals surface area contributed by atoms with Gasteiger partial charge in [0.05, 0.1) is 15.1 Å². The molecule has 0 fully saturated rings. The standard InChI is InChI=1S/C18H19N3O3S2/c1-18(2,3)21-26(23,24)13-10-8-12(9-11-13)16(22)20-17-19-14-6-4-5-7-15(14)25-17/h4-11,21H,1-3H3,(H,19,20,22). The number of thiazole rings is 1. The van der Waals surface area contributed by atoms with E-state index in [2.05, 4.69) is 15.0 Å². The molecular formula is C18H19N3O3S2. The van der Waals surface area contributed by atoms with E-state index < -0.39 is 15.6 Å². The number of aromatic nitrogens is 1. The lowest BCUT2D eigenvalue weighted by Gasteiger charge is -2.20. The maximum absolute atomic E-state index is 12.4. The van der Waals surface area contributed by atoms with Crippen LogP contribution in [0.4, 0.5) is 5.13 Å². The largest absolute Gasteiger partial charge is 0.298 e. The maximum atomic E-state index is 12.4. The van der Waals surface area contributed by atoms with Gasteiger partial charge in [0.2, 0.25) is 10.0 Å². The summed E-state index contributed by atoms with van der Waals surface area (Å²) in [5.74, 6) is -0.336. The number of nitrogens with one attached hydrogen (secondary N) is 2. The van der Waals surface area contributed by atoms with Crippen molar-refractivity contribution >= 4 is 42.6 Å². The van der Waals surface area contributed by atoms with E-state index in [-0.39, 0.29) is 10.8 Å². The first-order valence-corrected chi connectivity index (χ1v) is 10.2. The van der Waals surface area contributed by atoms with Crippen molar-refractivity contribution in [2.45, 2.75) is 31.2 Å². The Morgan fingerprint density at radius 2 is 1.69 bits per heavy atom. The number of sulfonamides is 1. The summed E-state index contributed by atoms with van der Waals surface area (Å²) >= 11 is 1.39. The molecule has 0 saturated carbocycles. The van der Waals surface area contributed by atoms with Crippen molar-refractivity contribution in [1.82, 2.24) is 9.71 Å². The van der Waals surface area contributed by atoms with Crippen LogP contribution < -0.4 is 10.0 Å². The van der Waals surface area contributed by atoms with Crippen molar-refractivity contribution in [3.63, 3.8) is 0 Å². The zero-order chi connectivity index (χ0) is 18.9. The number of para-hydroxylation sites is 1. The van der Waals surface area contributed by atoms with E-state index in [1.807, 2.05) is 24.3 Å². The van der Waals surface area contributed by atoms with E-state index in [9.17, 15) is 13.2 Å². The van der Waals surface area contributed by atoms with Gasteiger partial charge in [-0.2, -0.15) is 0 Å². The molecule has 0 aliphatic carbocycles. The van der Waals surface area contributed by atoms with Gasteiger partial charge in [-0.3, -0.25) is 10.1 Å². The molecular weight excluding hydrogens is 370 g/mol. The van der Waals surface area contributed by atoms with Gasteiger partial charge in [-0.15, -0.1) is 0 Å². The number of benzene rings is 2. The topological polar surface area (TPSA) is 88.2 Å². The highest BCUT2D eigenvalue weighted by Gasteiger charge is 2.22. The number of anilines is 1. The number of carbonyl (C=O) groups excluding carboxylic acids is 1. The molecule has 0 unspecified atom stereocenters. The molecule has 0 radical (unpaired) electrons. The molecule has 3 rings (SSSR count). The van der Waals surface area contributed by atoms with E-state index in [1.54, 1.807) is 20.8 Å². The zero-order valence-corrected chi connectivity index (χ0v) is 16.2. The van der Waals surface area contributed by atoms with Crippen LogP contribution in [0.3, 0.4) is 0 Å². The van der Waals surface area contributed by atoms with Crippen LogP contribution in [0.1, 0.15) is 31.1 Å². The van der Waals surface area contributed by atoms with E-state index >= 15 is 0 Å². The van der Waals surface area contributed by atoms with Gasteiger partial charge in [-0.25, -0.2) is 18.1 Å². The SMILES string of the molecule is CC(C)(C)NS(=O)(=O)c1ccc(C(=O)Nc2nc3ccccc3s2)cc1. The summed E-state index contributed by atoms with van der Waals surface area (Å²) in [6.45, 7) is 5.30. The molecule has 6 nitrogen and oxygen atoms in total. The monoisotopic (exact) mass is 389 g/mol. The smallest absolute Gasteiger partial charge is 0.257 e. The Hall–Kier alpha value is -2.29. The summed E-state index contributed by atoms with van der Waals surface area (Å²) < 4.78 is 28.2. The highest BCUT2D eigenvalue weighted by atomic mass is 32.2. The van der Waals surface area contributed by atoms with Gasteiger partial charge in [0.1, 0.15) is 0 Å². The van der Waals surface area contributed by atoms with Crippen molar-refractivity contribution in [2.24, 2.45) is 0 Å². The highest BCUT2D eigenvalue weighted by Crippen LogP contribution is 2.25. The Kier molecular flexibility index (Phi) is 4.83. The summed E-state index contributed by atoms with van der Waals surface area (Å²) in [5.41, 5.74) is 0.600. The number of nitrogens with zero attached hydrogens (tertiary/aromatic N) is 1. The van der Waals surface area contributed by atoms with Gasteiger partial charge in [-0.05, 0) is 57.2 Å². The Labute approximate surface area is 156 Å². The average molecular weight is 390 g/mol. The second kappa shape index (κ2) is 6.79. The minimum absolute atomic E-state index is 0.115. The quantitative estimate of drug-likeness (QED) is 0.713. The highest BCUT2D eigenvalue weighted by molar-refractivity contribution is 7.89. The molecule has 1 heterocycles. The number of hydrogen-bond donors (Lipinski definition) is 2. The van der Waals surface area contributed by atoms with Crippen LogP contribution in [0, 0.1) is 0 Å². The molecule has 136 valence electrons. The molecule has 0 aliphatic heterocycles. The number of hydrogen-bond acceptors (Lipinski definition) is 5. The predicted octanol–water partition coefficient (Wildman–Crippen LogP) is 3.63. The Morgan fingerprint density at radius 3 is 2.31 bits per heavy atom. The summed E-state index contributed by atoms with van der Waals surface area (Å²) in [7, 11) is -3.63. The molecule has 0 aliphatic rings. The van der Waals surface area contributed by atoms with E-state index in [1.165, 1.54) is 35.6 Å². The van der Waals surface area contributed by atoms with Crippen molar-refractivity contribution < 1.29 is 13.2 Å². The lowest BCUT2D eigenvalue weighted by atomic mass is 10.1. The second-order valence-electron chi connectivity index (χ2n) is 6.82. The third kappa shape index (κ3) is 4.27. The van der Waals surface area contributed by atoms with Gasteiger partial charge in [-0.1, -0.05) is 23.5 Å². The van der Waals surface area contributed by atoms with E-state index in [0.29, 0.717) is 10.7 Å². The zero-order valence-electron chi connectivity index (χ0n) is 14.6. The minimum atomic E-state index is -3.63. The van der Waals surface area contributed by atoms with Crippen LogP contribution in [-0.2, 0) is 10.0 Å². The number of rotatable bonds is 4. The van der Waals surface area contributed by atoms with Gasteiger partial charge >= 0.3 is 0 Å². The summed E-state index contributed by atoms with van der Waals surface area (Å²) in [6.07, 6.45) is 0. The first-order chi connectivity index (χ1) is 12.1. The average Bonchev–Trinajstić information content (AvgIpc) is 2.95. The molecule has 0 spiro atoms. The summed E-state index contributed by atoms with van der Waals surface area (Å²) in [4.78, 5) is 16.8. The van der Waals surface area contributed by atoms with Gasteiger partial charge in [0, 0.05) is 11.1 Å². The maximum Gasteiger partial charge on any atom is 0.257 e. The second-order valence-corrected chi connectivity index (χ2v) is 9.53. The Bertz CT molecular complexity index is 1020. The number of amides is 1. The molecule has 0 atom stereocenters. The molecule has 2 N–H and O–H groups in total. The Morgan fingerprint density at radius 1 is 1.04 bits per heavy atom. The molecule has 1 aromatic heterocycles. The fraction of sp³-hybridized carbons (Fsp3) is 0.222. The molecule has 3 aromatic rings. The number of carbonyl (C=O) groups is 1. The van der Waals surface area contributed by atoms with Gasteiger partial charge < -0.3 is 0 Å². The van der Waals surface area contributed by atoms with Crippen LogP contribution in [0.2, 0.25) is 0 Å². The van der Waals surface area contributed by atoms with E-state index in [4.69, 9.17) is 0 Å². The lowest BCUT2D eigenvalue weighted by Crippen LogP contribution is -2.40. The molecule has 1 amide bonds. The molecule has 8 heteroatoms. The van der Waals surface area contributed by atoms with Crippen molar-refractivity contribution in [2.75, 3.05) is 5.32 Å². The first-order valence-electron chi connectivity index (χ1n) is 7.95. The minimum Gasteiger partial charge on any atom is -0.298 e. The fourth-order valence-corrected chi connectivity index (χ4v) is 4.62. The van der Waals surface area contributed by atoms with Gasteiger partial charge in [0.25, 0.3) is 5.91 Å². The summed E-state index contributed by atoms with van der Waals surface area (Å²) in [5, 5.41) is 3.25. The van der Waals surface area contributed by atoms with Crippen molar-refractivity contribution in [1.29, 1.82) is 0 Å². The third-order valence-corrected chi connectivity index (χ3v) is 6.11. The van der Waals surface area contributed by atoms with Crippen LogP contribution >= 0.6 is 11.3 Å². The first kappa shape index (κ1) is 18.5. The lowest BCUT2D eigenvalue weighted by molar-refractivity contribution is 0.102. The molecule has 26 heavy (non-hydrogen) atoms. The third-order valence-electron chi connectivity index (χ3n) is 3.38. The summed E-state index contributed by atoms with van der Waals surface area (Å²) in [6, 6.07) is 13.4. The van der Waals surface area contributed by atoms with Crippen LogP contribution in [0.5, 0.6) is 0 Å². The van der Waals surface area contributed by atoms with Crippen LogP contribution in [-0.4, -0.2) is 24.8 Å². The molecule has 0 saturated heterocycles. The van der Waals surface area contributed by atoms with Crippen LogP contribution in [0.15, 0.2) is 53.4 Å². The predicted molar refractivity (Wildman–Crippen MR) is 104 cm³/mol. The van der Waals surface area contributed by atoms with Crippen molar-refractivity contribution in [3.8, 4) is 0 Å². The molecule has 2 aromatic carbocycles. The van der Waals surface area contributed by atoms with Gasteiger partial charge in [0.15, 0.2) is 5.13 Å². The Balaban J connectivity index is 1.76. The normalized spacial score (nSPS) is 12.3. The molecule has 0 bridgehead atoms. The van der Waals surface area contributed by atoms with Crippen molar-refractivity contribution in [3.05, 3.63) is 54.1 Å².